The highest BCUT2D eigenvalue weighted by Gasteiger charge is 2.10. The average molecular weight is 395 g/mol. The van der Waals surface area contributed by atoms with Crippen LogP contribution in [0.4, 0.5) is 0 Å². The number of carbonyl (C=O) groups excluding carboxylic acids is 1. The zero-order chi connectivity index (χ0) is 20.8. The summed E-state index contributed by atoms with van der Waals surface area (Å²) >= 11 is 0. The normalized spacial score (nSPS) is 10.8. The van der Waals surface area contributed by atoms with Gasteiger partial charge in [-0.2, -0.15) is 10.4 Å². The fourth-order valence-corrected chi connectivity index (χ4v) is 2.88. The predicted octanol–water partition coefficient (Wildman–Crippen LogP) is 4.65. The molecule has 6 nitrogen and oxygen atoms in total. The van der Waals surface area contributed by atoms with Crippen LogP contribution in [0.3, 0.4) is 0 Å². The Balaban J connectivity index is 1.33. The maximum atomic E-state index is 12.2. The third-order valence-electron chi connectivity index (χ3n) is 4.44. The first kappa shape index (κ1) is 19.0. The van der Waals surface area contributed by atoms with E-state index in [2.05, 4.69) is 16.6 Å². The number of hydrogen-bond donors (Lipinski definition) is 1. The molecule has 0 bridgehead atoms. The number of carbonyl (C=O) groups is 1. The minimum Gasteiger partial charge on any atom is -0.489 e. The Bertz CT molecular complexity index is 1220. The summed E-state index contributed by atoms with van der Waals surface area (Å²) in [5, 5.41) is 14.0. The molecule has 4 rings (SSSR count). The number of fused-ring (bicyclic) bond motifs is 1. The maximum Gasteiger partial charge on any atom is 0.307 e. The van der Waals surface area contributed by atoms with E-state index >= 15 is 0 Å². The monoisotopic (exact) mass is 395 g/mol. The molecule has 0 saturated heterocycles. The molecule has 0 radical (unpaired) electrons. The van der Waals surface area contributed by atoms with Crippen molar-refractivity contribution in [1.29, 1.82) is 5.26 Å². The number of furan rings is 1. The number of ether oxygens (including phenoxy) is 1. The smallest absolute Gasteiger partial charge is 0.307 e. The molecule has 0 spiro atoms. The van der Waals surface area contributed by atoms with Gasteiger partial charge in [0, 0.05) is 10.9 Å². The Morgan fingerprint density at radius 2 is 1.83 bits per heavy atom. The Morgan fingerprint density at radius 1 is 1.07 bits per heavy atom. The third-order valence-corrected chi connectivity index (χ3v) is 4.44. The molecule has 3 aromatic carbocycles. The lowest BCUT2D eigenvalue weighted by Crippen LogP contribution is -2.16. The summed E-state index contributed by atoms with van der Waals surface area (Å²) in [7, 11) is 0. The zero-order valence-electron chi connectivity index (χ0n) is 15.9. The van der Waals surface area contributed by atoms with E-state index in [9.17, 15) is 4.79 Å². The maximum absolute atomic E-state index is 12.2. The average Bonchev–Trinajstić information content (AvgIpc) is 3.23. The number of amides is 1. The number of benzene rings is 3. The van der Waals surface area contributed by atoms with Gasteiger partial charge in [-0.15, -0.1) is 0 Å². The molecular formula is C24H17N3O3. The van der Waals surface area contributed by atoms with E-state index < -0.39 is 5.91 Å². The van der Waals surface area contributed by atoms with Crippen molar-refractivity contribution in [2.24, 2.45) is 5.10 Å². The molecule has 0 aliphatic carbocycles. The standard InChI is InChI=1S/C24H17N3O3/c25-14-19-6-1-2-7-20(19)16-29-21-11-9-17(10-12-21)15-26-27-24(28)23-13-18-5-3-4-8-22(18)30-23/h1-13,15H,16H2,(H,27,28)/b26-15-. The van der Waals surface area contributed by atoms with Crippen LogP contribution in [0.1, 0.15) is 27.2 Å². The van der Waals surface area contributed by atoms with Gasteiger partial charge in [0.05, 0.1) is 17.8 Å². The summed E-state index contributed by atoms with van der Waals surface area (Å²) < 4.78 is 11.2. The van der Waals surface area contributed by atoms with Crippen LogP contribution in [0.25, 0.3) is 11.0 Å². The van der Waals surface area contributed by atoms with Crippen LogP contribution in [0.15, 0.2) is 88.4 Å². The molecule has 146 valence electrons. The summed E-state index contributed by atoms with van der Waals surface area (Å²) in [6.45, 7) is 0.310. The van der Waals surface area contributed by atoms with Gasteiger partial charge >= 0.3 is 5.91 Å². The number of nitrogens with zero attached hydrogens (tertiary/aromatic N) is 2. The van der Waals surface area contributed by atoms with E-state index in [1.54, 1.807) is 30.3 Å². The van der Waals surface area contributed by atoms with E-state index in [4.69, 9.17) is 14.4 Å². The fraction of sp³-hybridized carbons (Fsp3) is 0.0417. The molecule has 1 heterocycles. The first-order valence-electron chi connectivity index (χ1n) is 9.26. The number of para-hydroxylation sites is 1. The van der Waals surface area contributed by atoms with Gasteiger partial charge in [-0.25, -0.2) is 5.43 Å². The van der Waals surface area contributed by atoms with Gasteiger partial charge in [-0.3, -0.25) is 4.79 Å². The molecule has 6 heteroatoms. The SMILES string of the molecule is N#Cc1ccccc1COc1ccc(/C=N\NC(=O)c2cc3ccccc3o2)cc1. The number of rotatable bonds is 6. The van der Waals surface area contributed by atoms with Gasteiger partial charge in [-0.1, -0.05) is 36.4 Å². The van der Waals surface area contributed by atoms with Gasteiger partial charge in [0.1, 0.15) is 17.9 Å². The molecular weight excluding hydrogens is 378 g/mol. The minimum absolute atomic E-state index is 0.203. The number of hydrogen-bond acceptors (Lipinski definition) is 5. The summed E-state index contributed by atoms with van der Waals surface area (Å²) in [5.74, 6) is 0.458. The fourth-order valence-electron chi connectivity index (χ4n) is 2.88. The van der Waals surface area contributed by atoms with Crippen LogP contribution in [0, 0.1) is 11.3 Å². The van der Waals surface area contributed by atoms with Crippen molar-refractivity contribution < 1.29 is 13.9 Å². The highest BCUT2D eigenvalue weighted by Crippen LogP contribution is 2.18. The second-order valence-corrected chi connectivity index (χ2v) is 6.47. The van der Waals surface area contributed by atoms with Gasteiger partial charge in [0.2, 0.25) is 0 Å². The van der Waals surface area contributed by atoms with Gasteiger partial charge in [0.25, 0.3) is 0 Å². The van der Waals surface area contributed by atoms with E-state index in [1.807, 2.05) is 48.5 Å². The van der Waals surface area contributed by atoms with Crippen molar-refractivity contribution >= 4 is 23.1 Å². The first-order valence-corrected chi connectivity index (χ1v) is 9.26. The molecule has 1 amide bonds. The molecule has 1 N–H and O–H groups in total. The summed E-state index contributed by atoms with van der Waals surface area (Å²) in [4.78, 5) is 12.2. The lowest BCUT2D eigenvalue weighted by Gasteiger charge is -2.07. The van der Waals surface area contributed by atoms with Crippen molar-refractivity contribution in [2.45, 2.75) is 6.61 Å². The molecule has 0 unspecified atom stereocenters. The third kappa shape index (κ3) is 4.37. The Labute approximate surface area is 173 Å². The first-order chi connectivity index (χ1) is 14.7. The Morgan fingerprint density at radius 3 is 2.63 bits per heavy atom. The van der Waals surface area contributed by atoms with Crippen molar-refractivity contribution in [3.63, 3.8) is 0 Å². The van der Waals surface area contributed by atoms with E-state index in [0.29, 0.717) is 23.5 Å². The van der Waals surface area contributed by atoms with Crippen molar-refractivity contribution in [3.8, 4) is 11.8 Å². The van der Waals surface area contributed by atoms with Crippen molar-refractivity contribution in [3.05, 3.63) is 101 Å². The minimum atomic E-state index is -0.418. The van der Waals surface area contributed by atoms with E-state index in [1.165, 1.54) is 6.21 Å². The highest BCUT2D eigenvalue weighted by atomic mass is 16.5. The quantitative estimate of drug-likeness (QED) is 0.380. The van der Waals surface area contributed by atoms with Crippen LogP contribution in [0.2, 0.25) is 0 Å². The van der Waals surface area contributed by atoms with Gasteiger partial charge in [0.15, 0.2) is 5.76 Å². The number of nitrogens with one attached hydrogen (secondary N) is 1. The summed E-state index contributed by atoms with van der Waals surface area (Å²) in [6, 6.07) is 25.8. The molecule has 0 saturated carbocycles. The zero-order valence-corrected chi connectivity index (χ0v) is 15.9. The van der Waals surface area contributed by atoms with Crippen molar-refractivity contribution in [2.75, 3.05) is 0 Å². The van der Waals surface area contributed by atoms with Crippen LogP contribution < -0.4 is 10.2 Å². The predicted molar refractivity (Wildman–Crippen MR) is 113 cm³/mol. The molecule has 4 aromatic rings. The molecule has 30 heavy (non-hydrogen) atoms. The van der Waals surface area contributed by atoms with E-state index in [0.717, 1.165) is 16.5 Å². The molecule has 0 aliphatic rings. The van der Waals surface area contributed by atoms with Crippen LogP contribution >= 0.6 is 0 Å². The second kappa shape index (κ2) is 8.76. The molecule has 0 atom stereocenters. The summed E-state index contributed by atoms with van der Waals surface area (Å²) in [5.41, 5.74) is 5.34. The van der Waals surface area contributed by atoms with E-state index in [-0.39, 0.29) is 5.76 Å². The molecule has 1 aromatic heterocycles. The van der Waals surface area contributed by atoms with Crippen molar-refractivity contribution in [1.82, 2.24) is 5.43 Å². The largest absolute Gasteiger partial charge is 0.489 e. The number of nitriles is 1. The highest BCUT2D eigenvalue weighted by molar-refractivity contribution is 5.96. The molecule has 0 aliphatic heterocycles. The second-order valence-electron chi connectivity index (χ2n) is 6.47. The lowest BCUT2D eigenvalue weighted by molar-refractivity contribution is 0.0929. The van der Waals surface area contributed by atoms with Gasteiger partial charge in [-0.05, 0) is 48.0 Å². The topological polar surface area (TPSA) is 87.6 Å². The lowest BCUT2D eigenvalue weighted by atomic mass is 10.1. The van der Waals surface area contributed by atoms with Crippen LogP contribution in [0.5, 0.6) is 5.75 Å². The molecule has 0 fully saturated rings. The van der Waals surface area contributed by atoms with Crippen LogP contribution in [-0.2, 0) is 6.61 Å². The van der Waals surface area contributed by atoms with Crippen LogP contribution in [-0.4, -0.2) is 12.1 Å². The Hall–Kier alpha value is -4.37. The number of hydrazone groups is 1. The van der Waals surface area contributed by atoms with Gasteiger partial charge < -0.3 is 9.15 Å². The summed E-state index contributed by atoms with van der Waals surface area (Å²) in [6.07, 6.45) is 1.54. The Kier molecular flexibility index (Phi) is 5.54.